The van der Waals surface area contributed by atoms with E-state index in [0.717, 1.165) is 33.8 Å². The first kappa shape index (κ1) is 24.8. The molecule has 0 aliphatic carbocycles. The summed E-state index contributed by atoms with van der Waals surface area (Å²) in [6.07, 6.45) is 0. The fourth-order valence-electron chi connectivity index (χ4n) is 4.13. The standard InChI is InChI=1S/C26H27ClN4O3S/c1-5-29(6-2)20-12-10-19(11-13-20)28-22(32)15-30-25-23(16(3)17(4)35-25)24(33)31(26(30)34)21-9-7-8-18(27)14-21/h7-14H,5-6,15H2,1-4H3,(H,28,32). The molecule has 1 amide bonds. The molecular formula is C26H27ClN4O3S. The van der Waals surface area contributed by atoms with E-state index in [1.165, 1.54) is 15.9 Å². The minimum Gasteiger partial charge on any atom is -0.372 e. The van der Waals surface area contributed by atoms with E-state index in [1.807, 2.05) is 38.1 Å². The molecule has 0 unspecified atom stereocenters. The van der Waals surface area contributed by atoms with Gasteiger partial charge in [-0.15, -0.1) is 11.3 Å². The van der Waals surface area contributed by atoms with Gasteiger partial charge in [0.15, 0.2) is 0 Å². The summed E-state index contributed by atoms with van der Waals surface area (Å²) < 4.78 is 2.45. The maximum absolute atomic E-state index is 13.5. The zero-order chi connectivity index (χ0) is 25.3. The highest BCUT2D eigenvalue weighted by atomic mass is 35.5. The minimum atomic E-state index is -0.585. The molecule has 0 saturated carbocycles. The quantitative estimate of drug-likeness (QED) is 0.381. The van der Waals surface area contributed by atoms with Crippen molar-refractivity contribution in [2.24, 2.45) is 0 Å². The smallest absolute Gasteiger partial charge is 0.337 e. The highest BCUT2D eigenvalue weighted by molar-refractivity contribution is 7.18. The van der Waals surface area contributed by atoms with Crippen LogP contribution in [-0.4, -0.2) is 28.1 Å². The molecule has 4 rings (SSSR count). The van der Waals surface area contributed by atoms with Gasteiger partial charge in [-0.3, -0.25) is 14.2 Å². The Hall–Kier alpha value is -3.36. The lowest BCUT2D eigenvalue weighted by Gasteiger charge is -2.21. The molecule has 1 N–H and O–H groups in total. The molecule has 2 aromatic heterocycles. The Balaban J connectivity index is 1.74. The first-order valence-corrected chi connectivity index (χ1v) is 12.6. The molecule has 0 atom stereocenters. The van der Waals surface area contributed by atoms with E-state index in [1.54, 1.807) is 24.3 Å². The van der Waals surface area contributed by atoms with Crippen LogP contribution >= 0.6 is 22.9 Å². The van der Waals surface area contributed by atoms with E-state index in [-0.39, 0.29) is 12.5 Å². The number of anilines is 2. The van der Waals surface area contributed by atoms with Crippen LogP contribution in [0.15, 0.2) is 58.1 Å². The van der Waals surface area contributed by atoms with Crippen LogP contribution in [0, 0.1) is 13.8 Å². The molecule has 7 nitrogen and oxygen atoms in total. The number of halogens is 1. The zero-order valence-corrected chi connectivity index (χ0v) is 21.7. The monoisotopic (exact) mass is 510 g/mol. The van der Waals surface area contributed by atoms with Gasteiger partial charge < -0.3 is 10.2 Å². The van der Waals surface area contributed by atoms with E-state index in [4.69, 9.17) is 11.6 Å². The van der Waals surface area contributed by atoms with Crippen LogP contribution in [0.25, 0.3) is 15.9 Å². The number of hydrogen-bond acceptors (Lipinski definition) is 5. The second-order valence-corrected chi connectivity index (χ2v) is 9.86. The van der Waals surface area contributed by atoms with Gasteiger partial charge in [0, 0.05) is 34.4 Å². The highest BCUT2D eigenvalue weighted by Gasteiger charge is 2.21. The number of nitrogens with zero attached hydrogens (tertiary/aromatic N) is 3. The third-order valence-corrected chi connectivity index (χ3v) is 7.56. The fourth-order valence-corrected chi connectivity index (χ4v) is 5.45. The number of amides is 1. The molecule has 0 aliphatic rings. The summed E-state index contributed by atoms with van der Waals surface area (Å²) in [7, 11) is 0. The summed E-state index contributed by atoms with van der Waals surface area (Å²) in [4.78, 5) is 43.5. The van der Waals surface area contributed by atoms with E-state index in [2.05, 4.69) is 24.1 Å². The van der Waals surface area contributed by atoms with Gasteiger partial charge >= 0.3 is 5.69 Å². The topological polar surface area (TPSA) is 76.3 Å². The number of rotatable bonds is 7. The van der Waals surface area contributed by atoms with Gasteiger partial charge in [0.25, 0.3) is 5.56 Å². The number of aromatic nitrogens is 2. The number of carbonyl (C=O) groups is 1. The number of fused-ring (bicyclic) bond motifs is 1. The summed E-state index contributed by atoms with van der Waals surface area (Å²) in [6, 6.07) is 14.2. The van der Waals surface area contributed by atoms with Crippen molar-refractivity contribution < 1.29 is 4.79 Å². The lowest BCUT2D eigenvalue weighted by atomic mass is 10.2. The predicted octanol–water partition coefficient (Wildman–Crippen LogP) is 4.97. The number of thiophene rings is 1. The van der Waals surface area contributed by atoms with Crippen LogP contribution in [0.5, 0.6) is 0 Å². The average molecular weight is 511 g/mol. The molecule has 35 heavy (non-hydrogen) atoms. The van der Waals surface area contributed by atoms with Crippen LogP contribution in [0.2, 0.25) is 5.02 Å². The summed E-state index contributed by atoms with van der Waals surface area (Å²) in [5, 5.41) is 3.71. The SMILES string of the molecule is CCN(CC)c1ccc(NC(=O)Cn2c(=O)n(-c3cccc(Cl)c3)c(=O)c3c(C)c(C)sc32)cc1. The molecule has 9 heteroatoms. The fraction of sp³-hybridized carbons (Fsp3) is 0.269. The molecule has 0 radical (unpaired) electrons. The Kier molecular flexibility index (Phi) is 7.14. The van der Waals surface area contributed by atoms with Crippen molar-refractivity contribution in [1.29, 1.82) is 0 Å². The Morgan fingerprint density at radius 2 is 1.74 bits per heavy atom. The van der Waals surface area contributed by atoms with Crippen molar-refractivity contribution in [2.75, 3.05) is 23.3 Å². The number of nitrogens with one attached hydrogen (secondary N) is 1. The Labute approximate surface area is 212 Å². The largest absolute Gasteiger partial charge is 0.372 e. The first-order valence-electron chi connectivity index (χ1n) is 11.4. The third kappa shape index (κ3) is 4.76. The molecule has 2 aromatic carbocycles. The number of hydrogen-bond donors (Lipinski definition) is 1. The summed E-state index contributed by atoms with van der Waals surface area (Å²) in [5.74, 6) is -0.357. The van der Waals surface area contributed by atoms with Crippen molar-refractivity contribution in [3.05, 3.63) is 84.8 Å². The van der Waals surface area contributed by atoms with Gasteiger partial charge in [-0.2, -0.15) is 0 Å². The maximum Gasteiger partial charge on any atom is 0.337 e. The third-order valence-electron chi connectivity index (χ3n) is 6.10. The second-order valence-electron chi connectivity index (χ2n) is 8.22. The van der Waals surface area contributed by atoms with Crippen molar-refractivity contribution in [3.8, 4) is 5.69 Å². The van der Waals surface area contributed by atoms with Crippen molar-refractivity contribution >= 4 is 50.4 Å². The number of aryl methyl sites for hydroxylation is 2. The predicted molar refractivity (Wildman–Crippen MR) is 145 cm³/mol. The molecular weight excluding hydrogens is 484 g/mol. The van der Waals surface area contributed by atoms with E-state index >= 15 is 0 Å². The molecule has 0 aliphatic heterocycles. The van der Waals surface area contributed by atoms with E-state index in [9.17, 15) is 14.4 Å². The first-order chi connectivity index (χ1) is 16.7. The summed E-state index contributed by atoms with van der Waals surface area (Å²) in [6.45, 7) is 9.49. The van der Waals surface area contributed by atoms with E-state index < -0.39 is 11.2 Å². The van der Waals surface area contributed by atoms with Gasteiger partial charge in [0.2, 0.25) is 5.91 Å². The van der Waals surface area contributed by atoms with Crippen molar-refractivity contribution in [3.63, 3.8) is 0 Å². The zero-order valence-electron chi connectivity index (χ0n) is 20.1. The molecule has 0 spiro atoms. The van der Waals surface area contributed by atoms with Crippen molar-refractivity contribution in [2.45, 2.75) is 34.2 Å². The van der Waals surface area contributed by atoms with Gasteiger partial charge in [-0.05, 0) is 75.7 Å². The average Bonchev–Trinajstić information content (AvgIpc) is 3.13. The molecule has 0 bridgehead atoms. The number of benzene rings is 2. The van der Waals surface area contributed by atoms with Gasteiger partial charge in [-0.1, -0.05) is 17.7 Å². The van der Waals surface area contributed by atoms with Crippen LogP contribution < -0.4 is 21.5 Å². The summed E-state index contributed by atoms with van der Waals surface area (Å²) >= 11 is 7.46. The van der Waals surface area contributed by atoms with Crippen molar-refractivity contribution in [1.82, 2.24) is 9.13 Å². The summed E-state index contributed by atoms with van der Waals surface area (Å²) in [5.41, 5.74) is 1.86. The van der Waals surface area contributed by atoms with E-state index in [0.29, 0.717) is 26.6 Å². The van der Waals surface area contributed by atoms with Gasteiger partial charge in [0.05, 0.1) is 11.1 Å². The molecule has 0 fully saturated rings. The van der Waals surface area contributed by atoms with Crippen LogP contribution in [0.3, 0.4) is 0 Å². The molecule has 4 aromatic rings. The normalized spacial score (nSPS) is 11.1. The van der Waals surface area contributed by atoms with Gasteiger partial charge in [-0.25, -0.2) is 9.36 Å². The van der Waals surface area contributed by atoms with Crippen LogP contribution in [-0.2, 0) is 11.3 Å². The highest BCUT2D eigenvalue weighted by Crippen LogP contribution is 2.27. The lowest BCUT2D eigenvalue weighted by molar-refractivity contribution is -0.116. The maximum atomic E-state index is 13.5. The molecule has 0 saturated heterocycles. The number of carbonyl (C=O) groups excluding carboxylic acids is 1. The van der Waals surface area contributed by atoms with Crippen LogP contribution in [0.1, 0.15) is 24.3 Å². The Morgan fingerprint density at radius 1 is 1.06 bits per heavy atom. The van der Waals surface area contributed by atoms with Crippen LogP contribution in [0.4, 0.5) is 11.4 Å². The minimum absolute atomic E-state index is 0.229. The molecule has 2 heterocycles. The molecule has 182 valence electrons. The second kappa shape index (κ2) is 10.1. The van der Waals surface area contributed by atoms with Gasteiger partial charge in [0.1, 0.15) is 11.4 Å². The lowest BCUT2D eigenvalue weighted by Crippen LogP contribution is -2.40. The Morgan fingerprint density at radius 3 is 2.37 bits per heavy atom. The Bertz CT molecular complexity index is 1510.